The van der Waals surface area contributed by atoms with Crippen molar-refractivity contribution in [1.82, 2.24) is 89.0 Å². The van der Waals surface area contributed by atoms with E-state index in [1.54, 1.807) is 24.3 Å². The van der Waals surface area contributed by atoms with E-state index in [2.05, 4.69) is 134 Å². The van der Waals surface area contributed by atoms with Crippen molar-refractivity contribution in [2.75, 3.05) is 102 Å². The third-order valence-electron chi connectivity index (χ3n) is 22.6. The van der Waals surface area contributed by atoms with Crippen LogP contribution in [-0.4, -0.2) is 278 Å². The highest BCUT2D eigenvalue weighted by Gasteiger charge is 2.37. The normalized spacial score (nSPS) is 13.2. The maximum absolute atomic E-state index is 14.6. The van der Waals surface area contributed by atoms with Crippen molar-refractivity contribution in [1.29, 1.82) is 0 Å². The Hall–Kier alpha value is -12.9. The van der Waals surface area contributed by atoms with E-state index < -0.39 is 206 Å². The molecule has 0 fully saturated rings. The van der Waals surface area contributed by atoms with Crippen molar-refractivity contribution in [3.05, 3.63) is 120 Å². The Morgan fingerprint density at radius 2 is 0.899 bits per heavy atom. The number of hydrogen-bond acceptors (Lipinski definition) is 27. The second-order valence-corrected chi connectivity index (χ2v) is 33.0. The lowest BCUT2D eigenvalue weighted by Gasteiger charge is -2.27. The molecule has 0 saturated heterocycles. The summed E-state index contributed by atoms with van der Waals surface area (Å²) < 4.78 is 8.84. The number of amides is 15. The van der Waals surface area contributed by atoms with Crippen LogP contribution in [0.15, 0.2) is 102 Å². The number of primary amides is 1. The van der Waals surface area contributed by atoms with E-state index in [9.17, 15) is 92.0 Å². The van der Waals surface area contributed by atoms with Gasteiger partial charge in [0.05, 0.1) is 50.9 Å². The quantitative estimate of drug-likeness (QED) is 0.00731. The van der Waals surface area contributed by atoms with Gasteiger partial charge in [-0.15, -0.1) is 0 Å². The molecule has 758 valence electrons. The van der Waals surface area contributed by atoms with Crippen molar-refractivity contribution in [3.63, 3.8) is 0 Å². The van der Waals surface area contributed by atoms with Gasteiger partial charge in [-0.1, -0.05) is 30.3 Å². The van der Waals surface area contributed by atoms with Crippen LogP contribution in [0, 0.1) is 0 Å². The van der Waals surface area contributed by atoms with Gasteiger partial charge in [-0.05, 0) is 211 Å². The third kappa shape index (κ3) is 38.2. The summed E-state index contributed by atoms with van der Waals surface area (Å²) in [5, 5.41) is 67.0. The lowest BCUT2D eigenvalue weighted by Crippen LogP contribution is -3.00. The molecule has 6 rings (SSSR count). The number of phenols is 1. The number of carbonyl (C=O) groups is 16. The van der Waals surface area contributed by atoms with Crippen molar-refractivity contribution >= 4 is 124 Å². The molecule has 1 aliphatic carbocycles. The van der Waals surface area contributed by atoms with Gasteiger partial charge in [0.25, 0.3) is 5.91 Å². The number of phenolic OH excluding ortho intramolecular Hbond substituents is 1. The molecule has 1 aromatic heterocycles. The number of aliphatic carboxylic acids is 1. The molecule has 0 radical (unpaired) electrons. The van der Waals surface area contributed by atoms with Crippen molar-refractivity contribution in [3.8, 4) is 28.2 Å². The number of anilines is 1. The lowest BCUT2D eigenvalue weighted by atomic mass is 9.90. The average molecular weight is 1970 g/mol. The smallest absolute Gasteiger partial charge is 0.326 e. The Labute approximate surface area is 812 Å². The predicted octanol–water partition coefficient (Wildman–Crippen LogP) is -6.38. The highest BCUT2D eigenvalue weighted by Crippen LogP contribution is 2.42. The van der Waals surface area contributed by atoms with Crippen molar-refractivity contribution < 1.29 is 109 Å². The Morgan fingerprint density at radius 1 is 0.464 bits per heavy atom. The number of nitrogens with two attached hydrogens (primary N) is 6. The summed E-state index contributed by atoms with van der Waals surface area (Å²) in [6, 6.07) is 9.66. The van der Waals surface area contributed by atoms with E-state index >= 15 is 0 Å². The summed E-state index contributed by atoms with van der Waals surface area (Å²) in [6.07, 6.45) is 4.46. The molecule has 46 heteroatoms. The van der Waals surface area contributed by atoms with Crippen LogP contribution in [-0.2, 0) is 84.8 Å². The molecule has 138 heavy (non-hydrogen) atoms. The zero-order valence-electron chi connectivity index (χ0n) is 78.5. The van der Waals surface area contributed by atoms with Gasteiger partial charge in [-0.2, -0.15) is 12.6 Å². The molecule has 0 unspecified atom stereocenters. The van der Waals surface area contributed by atoms with Crippen LogP contribution in [0.4, 0.5) is 5.69 Å². The largest absolute Gasteiger partial charge is 1.00 e. The van der Waals surface area contributed by atoms with Crippen LogP contribution in [0.3, 0.4) is 0 Å². The average Bonchev–Trinajstić information content (AvgIpc) is 1.11. The van der Waals surface area contributed by atoms with Crippen LogP contribution in [0.2, 0.25) is 0 Å². The zero-order chi connectivity index (χ0) is 100. The number of unbranched alkanes of at least 4 members (excludes halogenated alkanes) is 5. The number of hydrogen-bond donors (Lipinski definition) is 25. The van der Waals surface area contributed by atoms with E-state index in [0.717, 1.165) is 53.7 Å². The number of aromatic amines is 1. The number of imidazole rings is 1. The number of aliphatic hydroxyl groups is 1. The van der Waals surface area contributed by atoms with Crippen LogP contribution < -0.4 is 136 Å². The number of fused-ring (bicyclic) bond motifs is 2. The fourth-order valence-electron chi connectivity index (χ4n) is 15.0. The summed E-state index contributed by atoms with van der Waals surface area (Å²) in [5.74, 6) is -14.8. The van der Waals surface area contributed by atoms with Crippen LogP contribution in [0.25, 0.3) is 33.4 Å². The predicted molar refractivity (Wildman–Crippen MR) is 514 cm³/mol. The van der Waals surface area contributed by atoms with Crippen LogP contribution >= 0.6 is 12.6 Å². The number of carboxylic acids is 1. The minimum Gasteiger partial charge on any atom is -1.00 e. The molecule has 2 aliphatic rings. The van der Waals surface area contributed by atoms with Gasteiger partial charge >= 0.3 is 5.97 Å². The first-order chi connectivity index (χ1) is 65.8. The number of carbonyl (C=O) groups excluding carboxylic acids is 15. The van der Waals surface area contributed by atoms with Gasteiger partial charge in [-0.3, -0.25) is 71.9 Å². The van der Waals surface area contributed by atoms with Gasteiger partial charge < -0.3 is 151 Å². The monoisotopic (exact) mass is 1960 g/mol. The minimum atomic E-state index is -1.62. The first kappa shape index (κ1) is 116. The first-order valence-corrected chi connectivity index (χ1v) is 47.0. The number of carboxylic acid groups (broad SMARTS) is 1. The second kappa shape index (κ2) is 62.0. The third-order valence-corrected chi connectivity index (χ3v) is 22.9. The van der Waals surface area contributed by atoms with Gasteiger partial charge in [0, 0.05) is 84.2 Å². The molecule has 1 aliphatic heterocycles. The van der Waals surface area contributed by atoms with Crippen molar-refractivity contribution in [2.45, 2.75) is 210 Å². The molecule has 0 saturated carbocycles. The van der Waals surface area contributed by atoms with Crippen LogP contribution in [0.1, 0.15) is 158 Å². The summed E-state index contributed by atoms with van der Waals surface area (Å²) in [7, 11) is 0. The lowest BCUT2D eigenvalue weighted by molar-refractivity contribution is -0.142. The van der Waals surface area contributed by atoms with Crippen molar-refractivity contribution in [2.24, 2.45) is 34.4 Å². The summed E-state index contributed by atoms with van der Waals surface area (Å²) >= 11 is 4.30. The van der Waals surface area contributed by atoms with Gasteiger partial charge in [0.1, 0.15) is 90.6 Å². The summed E-state index contributed by atoms with van der Waals surface area (Å²) in [5.41, 5.74) is 38.9. The molecule has 10 atom stereocenters. The number of benzene rings is 4. The number of aliphatic hydroxyl groups excluding tert-OH is 1. The standard InChI is InChI=1S/C92H136N24O20S.ClH/c1-5-115(6-2)57-30-34-62-74(45-57)136-75-46-58(116(7-3)8-4)31-35-63(75)81(62)60-21-9-10-22-61(60)82(124)101-50-80(123)107-72(52-117)84(126)103-51-79(122)106-65(24-12-17-39-94)85(127)108-64(23-11-16-38-93)83(125)102-48-77(120)100-49-78(121)105-66(25-13-18-40-95)86(128)109-67(26-14-19-41-96)87(129)112-70(44-56-47-99-54-104-56)90(132)114-73(53-137)91(133)111-69(36-37-76(98)119)89(131)110-68(27-15-20-42-97)88(130)113-71(92(134)135)43-55-28-32-59(118)33-29-55;/h9-10,21-22,28-35,45-47,54,64-73,117H,5-8,11-20,23-27,36-44,48-53,93-97H2,1-4H3,(H19-,98,99,100,101,102,103,104,105,106,107,108,109,110,111,112,113,114,118,119,120,121,122,123,124,125,126,127,128,129,130,131,132,133,134,135,137);1H/t64-,65-,66-,67-,68-,69-,70-,71-,72-,73-;/m0./s1. The molecular formula is C92H137ClN24O20S. The topological polar surface area (TPSA) is 706 Å². The Morgan fingerprint density at radius 3 is 1.37 bits per heavy atom. The van der Waals surface area contributed by atoms with Gasteiger partial charge in [0.2, 0.25) is 88.1 Å². The fourth-order valence-corrected chi connectivity index (χ4v) is 15.2. The molecule has 0 bridgehead atoms. The Kier molecular flexibility index (Phi) is 51.9. The summed E-state index contributed by atoms with van der Waals surface area (Å²) in [6.45, 7) is 8.43. The summed E-state index contributed by atoms with van der Waals surface area (Å²) in [4.78, 5) is 229. The number of nitrogens with one attached hydrogen (secondary N) is 15. The van der Waals surface area contributed by atoms with E-state index in [1.165, 1.54) is 36.8 Å². The molecule has 30 N–H and O–H groups in total. The maximum Gasteiger partial charge on any atom is 0.326 e. The Bertz CT molecular complexity index is 5040. The number of thiol groups is 1. The first-order valence-electron chi connectivity index (χ1n) is 46.3. The number of rotatable bonds is 64. The number of nitrogens with zero attached hydrogens (tertiary/aromatic N) is 3. The minimum absolute atomic E-state index is 0. The maximum atomic E-state index is 14.6. The van der Waals surface area contributed by atoms with E-state index in [-0.39, 0.29) is 126 Å². The molecular weight excluding hydrogens is 1830 g/mol. The van der Waals surface area contributed by atoms with Crippen LogP contribution in [0.5, 0.6) is 5.75 Å². The van der Waals surface area contributed by atoms with Gasteiger partial charge in [0.15, 0.2) is 0 Å². The molecule has 2 heterocycles. The number of aromatic hydroxyl groups is 1. The highest BCUT2D eigenvalue weighted by molar-refractivity contribution is 7.80. The molecule has 0 spiro atoms. The number of H-pyrrole nitrogens is 1. The molecule has 4 aromatic rings. The Balaban J connectivity index is 0.0000336. The second-order valence-electron chi connectivity index (χ2n) is 32.7. The zero-order valence-corrected chi connectivity index (χ0v) is 80.1. The molecule has 15 amide bonds. The van der Waals surface area contributed by atoms with Gasteiger partial charge in [-0.25, -0.2) is 14.4 Å². The SMILES string of the molecule is CCN(CC)c1ccc2c(-c3ccccc3C(=O)NCC(=O)N[C@@H](CO)C(=O)NCC(=O)N[C@@H](CCCCN)C(=O)N[C@@H](CCCCN)C(=O)NCC(=O)NCC(=O)N[C@@H](CCCCN)C(=O)N[C@@H](CCCCN)C(=O)N[C@@H](Cc3c[nH]cn3)C(=O)N[C@@H](CS)C(=O)N[C@@H](CCC(N)=O)C(=O)N[C@@H](CCCCN)C(=O)N[C@@H](Cc3ccc(O)cc3)C(=O)O)c3ccc(=[N+](CC)CC)cc-3oc2c1.[Cl-]. The number of aromatic nitrogens is 2. The molecule has 3 aromatic carbocycles. The fraction of sp³-hybridized carbons (Fsp3) is 0.522. The molecule has 44 nitrogen and oxygen atoms in total. The highest BCUT2D eigenvalue weighted by atomic mass is 35.5. The van der Waals surface area contributed by atoms with E-state index in [0.29, 0.717) is 67.4 Å². The van der Waals surface area contributed by atoms with E-state index in [4.69, 9.17) is 38.8 Å². The number of halogens is 1. The van der Waals surface area contributed by atoms with E-state index in [1.807, 2.05) is 36.4 Å².